The lowest BCUT2D eigenvalue weighted by molar-refractivity contribution is 0.602. The Labute approximate surface area is 100 Å². The SMILES string of the molecule is CC1CCC(Nc2cc(C#N)cc(Cl)n2)C1. The Morgan fingerprint density at radius 3 is 2.94 bits per heavy atom. The van der Waals surface area contributed by atoms with Crippen molar-refractivity contribution < 1.29 is 0 Å². The highest BCUT2D eigenvalue weighted by Gasteiger charge is 2.21. The Kier molecular flexibility index (Phi) is 3.31. The first kappa shape index (κ1) is 11.2. The van der Waals surface area contributed by atoms with Crippen LogP contribution in [0.15, 0.2) is 12.1 Å². The van der Waals surface area contributed by atoms with Gasteiger partial charge in [-0.25, -0.2) is 4.98 Å². The van der Waals surface area contributed by atoms with E-state index in [9.17, 15) is 0 Å². The van der Waals surface area contributed by atoms with E-state index in [2.05, 4.69) is 23.3 Å². The second-order valence-corrected chi connectivity index (χ2v) is 4.82. The van der Waals surface area contributed by atoms with Crippen molar-refractivity contribution in [3.8, 4) is 6.07 Å². The average Bonchev–Trinajstić information content (AvgIpc) is 2.63. The lowest BCUT2D eigenvalue weighted by atomic mass is 10.1. The summed E-state index contributed by atoms with van der Waals surface area (Å²) in [4.78, 5) is 4.17. The summed E-state index contributed by atoms with van der Waals surface area (Å²) < 4.78 is 0. The highest BCUT2D eigenvalue weighted by atomic mass is 35.5. The zero-order chi connectivity index (χ0) is 11.5. The third-order valence-corrected chi connectivity index (χ3v) is 3.16. The second-order valence-electron chi connectivity index (χ2n) is 4.44. The number of hydrogen-bond donors (Lipinski definition) is 1. The van der Waals surface area contributed by atoms with Crippen LogP contribution in [0.3, 0.4) is 0 Å². The van der Waals surface area contributed by atoms with Gasteiger partial charge in [0.2, 0.25) is 0 Å². The van der Waals surface area contributed by atoms with Gasteiger partial charge in [0.15, 0.2) is 0 Å². The molecule has 1 saturated carbocycles. The van der Waals surface area contributed by atoms with E-state index in [-0.39, 0.29) is 0 Å². The second kappa shape index (κ2) is 4.71. The summed E-state index contributed by atoms with van der Waals surface area (Å²) >= 11 is 5.84. The normalized spacial score (nSPS) is 24.1. The first-order valence-electron chi connectivity index (χ1n) is 5.51. The number of anilines is 1. The number of nitrogens with zero attached hydrogens (tertiary/aromatic N) is 2. The van der Waals surface area contributed by atoms with Crippen LogP contribution in [0.1, 0.15) is 31.7 Å². The standard InChI is InChI=1S/C12H14ClN3/c1-8-2-3-10(4-8)15-12-6-9(7-14)5-11(13)16-12/h5-6,8,10H,2-4H2,1H3,(H,15,16). The van der Waals surface area contributed by atoms with E-state index in [1.807, 2.05) is 0 Å². The molecule has 1 fully saturated rings. The van der Waals surface area contributed by atoms with Crippen molar-refractivity contribution in [1.82, 2.24) is 4.98 Å². The summed E-state index contributed by atoms with van der Waals surface area (Å²) in [5, 5.41) is 12.5. The Morgan fingerprint density at radius 2 is 2.31 bits per heavy atom. The molecular formula is C12H14ClN3. The van der Waals surface area contributed by atoms with E-state index in [1.54, 1.807) is 12.1 Å². The number of hydrogen-bond acceptors (Lipinski definition) is 3. The summed E-state index contributed by atoms with van der Waals surface area (Å²) in [7, 11) is 0. The molecule has 0 saturated heterocycles. The Hall–Kier alpha value is -1.27. The number of nitrogens with one attached hydrogen (secondary N) is 1. The smallest absolute Gasteiger partial charge is 0.132 e. The maximum atomic E-state index is 8.83. The van der Waals surface area contributed by atoms with Crippen molar-refractivity contribution in [2.75, 3.05) is 5.32 Å². The van der Waals surface area contributed by atoms with Gasteiger partial charge in [-0.15, -0.1) is 0 Å². The fraction of sp³-hybridized carbons (Fsp3) is 0.500. The molecule has 0 aliphatic heterocycles. The van der Waals surface area contributed by atoms with Crippen LogP contribution in [0, 0.1) is 17.2 Å². The molecule has 0 aromatic carbocycles. The monoisotopic (exact) mass is 235 g/mol. The molecule has 1 heterocycles. The molecule has 0 bridgehead atoms. The molecule has 0 radical (unpaired) electrons. The van der Waals surface area contributed by atoms with E-state index in [1.165, 1.54) is 6.42 Å². The predicted octanol–water partition coefficient (Wildman–Crippen LogP) is 3.21. The lowest BCUT2D eigenvalue weighted by Gasteiger charge is -2.13. The van der Waals surface area contributed by atoms with Gasteiger partial charge in [0.25, 0.3) is 0 Å². The summed E-state index contributed by atoms with van der Waals surface area (Å²) in [6.07, 6.45) is 3.58. The van der Waals surface area contributed by atoms with Crippen molar-refractivity contribution in [2.45, 2.75) is 32.2 Å². The number of rotatable bonds is 2. The highest BCUT2D eigenvalue weighted by molar-refractivity contribution is 6.29. The summed E-state index contributed by atoms with van der Waals surface area (Å²) in [5.41, 5.74) is 0.550. The highest BCUT2D eigenvalue weighted by Crippen LogP contribution is 2.27. The molecule has 1 aliphatic carbocycles. The average molecular weight is 236 g/mol. The van der Waals surface area contributed by atoms with E-state index >= 15 is 0 Å². The first-order chi connectivity index (χ1) is 7.67. The van der Waals surface area contributed by atoms with Crippen LogP contribution >= 0.6 is 11.6 Å². The molecule has 1 aromatic heterocycles. The van der Waals surface area contributed by atoms with Crippen LogP contribution in [0.25, 0.3) is 0 Å². The summed E-state index contributed by atoms with van der Waals surface area (Å²) in [6.45, 7) is 2.26. The van der Waals surface area contributed by atoms with Crippen LogP contribution in [0.2, 0.25) is 5.15 Å². The van der Waals surface area contributed by atoms with Crippen LogP contribution in [0.5, 0.6) is 0 Å². The van der Waals surface area contributed by atoms with Crippen molar-refractivity contribution in [1.29, 1.82) is 5.26 Å². The molecule has 1 aromatic rings. The van der Waals surface area contributed by atoms with E-state index in [0.29, 0.717) is 22.6 Å². The van der Waals surface area contributed by atoms with Gasteiger partial charge in [-0.05, 0) is 37.3 Å². The van der Waals surface area contributed by atoms with Crippen LogP contribution in [0.4, 0.5) is 5.82 Å². The minimum atomic E-state index is 0.368. The fourth-order valence-electron chi connectivity index (χ4n) is 2.18. The number of aromatic nitrogens is 1. The van der Waals surface area contributed by atoms with Crippen molar-refractivity contribution in [2.24, 2.45) is 5.92 Å². The number of nitriles is 1. The van der Waals surface area contributed by atoms with Gasteiger partial charge in [0, 0.05) is 6.04 Å². The van der Waals surface area contributed by atoms with Gasteiger partial charge >= 0.3 is 0 Å². The van der Waals surface area contributed by atoms with Gasteiger partial charge in [0.1, 0.15) is 11.0 Å². The van der Waals surface area contributed by atoms with Crippen LogP contribution in [-0.2, 0) is 0 Å². The van der Waals surface area contributed by atoms with Crippen LogP contribution in [-0.4, -0.2) is 11.0 Å². The van der Waals surface area contributed by atoms with Gasteiger partial charge in [-0.3, -0.25) is 0 Å². The molecule has 16 heavy (non-hydrogen) atoms. The molecule has 1 aliphatic rings. The molecule has 3 nitrogen and oxygen atoms in total. The maximum Gasteiger partial charge on any atom is 0.132 e. The maximum absolute atomic E-state index is 8.83. The predicted molar refractivity (Wildman–Crippen MR) is 64.4 cm³/mol. The molecule has 1 N–H and O–H groups in total. The molecule has 2 rings (SSSR count). The minimum absolute atomic E-state index is 0.368. The van der Waals surface area contributed by atoms with Crippen molar-refractivity contribution in [3.63, 3.8) is 0 Å². The molecule has 2 unspecified atom stereocenters. The topological polar surface area (TPSA) is 48.7 Å². The molecular weight excluding hydrogens is 222 g/mol. The lowest BCUT2D eigenvalue weighted by Crippen LogP contribution is -2.16. The summed E-state index contributed by atoms with van der Waals surface area (Å²) in [6, 6.07) is 5.86. The van der Waals surface area contributed by atoms with Gasteiger partial charge < -0.3 is 5.32 Å². The van der Waals surface area contributed by atoms with Gasteiger partial charge in [-0.2, -0.15) is 5.26 Å². The fourth-order valence-corrected chi connectivity index (χ4v) is 2.39. The van der Waals surface area contributed by atoms with E-state index < -0.39 is 0 Å². The molecule has 4 heteroatoms. The largest absolute Gasteiger partial charge is 0.367 e. The van der Waals surface area contributed by atoms with Crippen LogP contribution < -0.4 is 5.32 Å². The van der Waals surface area contributed by atoms with E-state index in [0.717, 1.165) is 18.8 Å². The molecule has 84 valence electrons. The zero-order valence-corrected chi connectivity index (χ0v) is 9.96. The van der Waals surface area contributed by atoms with Gasteiger partial charge in [-0.1, -0.05) is 18.5 Å². The van der Waals surface area contributed by atoms with Crippen molar-refractivity contribution >= 4 is 17.4 Å². The Balaban J connectivity index is 2.10. The molecule has 2 atom stereocenters. The molecule has 0 spiro atoms. The molecule has 0 amide bonds. The van der Waals surface area contributed by atoms with Crippen molar-refractivity contribution in [3.05, 3.63) is 22.8 Å². The third-order valence-electron chi connectivity index (χ3n) is 2.97. The number of pyridine rings is 1. The van der Waals surface area contributed by atoms with E-state index in [4.69, 9.17) is 16.9 Å². The Morgan fingerprint density at radius 1 is 1.50 bits per heavy atom. The zero-order valence-electron chi connectivity index (χ0n) is 9.20. The first-order valence-corrected chi connectivity index (χ1v) is 5.89. The minimum Gasteiger partial charge on any atom is -0.367 e. The quantitative estimate of drug-likeness (QED) is 0.801. The summed E-state index contributed by atoms with van der Waals surface area (Å²) in [5.74, 6) is 1.48. The Bertz CT molecular complexity index is 425. The van der Waals surface area contributed by atoms with Gasteiger partial charge in [0.05, 0.1) is 11.6 Å². The third kappa shape index (κ3) is 2.65. The number of halogens is 1.